The van der Waals surface area contributed by atoms with Crippen molar-refractivity contribution >= 4 is 5.69 Å². The van der Waals surface area contributed by atoms with E-state index in [2.05, 4.69) is 16.4 Å². The Morgan fingerprint density at radius 3 is 2.83 bits per heavy atom. The van der Waals surface area contributed by atoms with Crippen LogP contribution < -0.4 is 5.32 Å². The summed E-state index contributed by atoms with van der Waals surface area (Å²) >= 11 is 0. The minimum Gasteiger partial charge on any atom is -0.392 e. The Hall–Kier alpha value is -1.60. The van der Waals surface area contributed by atoms with E-state index in [0.717, 1.165) is 18.5 Å². The van der Waals surface area contributed by atoms with Gasteiger partial charge in [-0.25, -0.2) is 4.98 Å². The molecule has 0 spiro atoms. The third-order valence-electron chi connectivity index (χ3n) is 3.70. The van der Waals surface area contributed by atoms with Crippen LogP contribution in [0.25, 0.3) is 0 Å². The maximum Gasteiger partial charge on any atom is 0.163 e. The van der Waals surface area contributed by atoms with Gasteiger partial charge in [0.15, 0.2) is 5.69 Å². The maximum atomic E-state index is 10.2. The number of hydrogen-bond donors (Lipinski definition) is 2. The van der Waals surface area contributed by atoms with Crippen molar-refractivity contribution in [3.8, 4) is 6.07 Å². The predicted molar refractivity (Wildman–Crippen MR) is 70.0 cm³/mol. The standard InChI is InChI=1S/C14H19N3O/c1-10(2)13(18)14(5-6-14)9-17-11-4-3-7-16-12(11)8-15/h3-4,7,10,13,17-18H,5-6,9H2,1-2H3. The van der Waals surface area contributed by atoms with Gasteiger partial charge in [0, 0.05) is 18.2 Å². The van der Waals surface area contributed by atoms with Gasteiger partial charge in [0.05, 0.1) is 11.8 Å². The number of pyridine rings is 1. The van der Waals surface area contributed by atoms with Gasteiger partial charge in [0.1, 0.15) is 6.07 Å². The van der Waals surface area contributed by atoms with Crippen LogP contribution in [0, 0.1) is 22.7 Å². The van der Waals surface area contributed by atoms with Crippen LogP contribution in [-0.2, 0) is 0 Å². The van der Waals surface area contributed by atoms with Crippen LogP contribution in [0.4, 0.5) is 5.69 Å². The lowest BCUT2D eigenvalue weighted by molar-refractivity contribution is 0.0567. The van der Waals surface area contributed by atoms with E-state index in [-0.39, 0.29) is 17.4 Å². The molecule has 1 aromatic rings. The highest BCUT2D eigenvalue weighted by atomic mass is 16.3. The lowest BCUT2D eigenvalue weighted by atomic mass is 9.90. The fourth-order valence-electron chi connectivity index (χ4n) is 2.35. The van der Waals surface area contributed by atoms with Crippen molar-refractivity contribution < 1.29 is 5.11 Å². The predicted octanol–water partition coefficient (Wildman–Crippen LogP) is 2.16. The van der Waals surface area contributed by atoms with Crippen LogP contribution in [0.3, 0.4) is 0 Å². The Kier molecular flexibility index (Phi) is 3.53. The number of anilines is 1. The van der Waals surface area contributed by atoms with Crippen LogP contribution in [0.5, 0.6) is 0 Å². The molecule has 0 saturated heterocycles. The Bertz CT molecular complexity index is 460. The van der Waals surface area contributed by atoms with Gasteiger partial charge in [0.25, 0.3) is 0 Å². The Balaban J connectivity index is 2.02. The van der Waals surface area contributed by atoms with Crippen molar-refractivity contribution in [2.45, 2.75) is 32.8 Å². The zero-order valence-corrected chi connectivity index (χ0v) is 10.8. The number of nitrogens with one attached hydrogen (secondary N) is 1. The van der Waals surface area contributed by atoms with E-state index in [4.69, 9.17) is 5.26 Å². The van der Waals surface area contributed by atoms with Crippen LogP contribution in [0.15, 0.2) is 18.3 Å². The van der Waals surface area contributed by atoms with E-state index >= 15 is 0 Å². The minimum absolute atomic E-state index is 0.0171. The number of nitriles is 1. The summed E-state index contributed by atoms with van der Waals surface area (Å²) in [5, 5.41) is 22.4. The molecule has 2 rings (SSSR count). The highest BCUT2D eigenvalue weighted by molar-refractivity contribution is 5.53. The number of aliphatic hydroxyl groups excluding tert-OH is 1. The first-order valence-electron chi connectivity index (χ1n) is 6.36. The minimum atomic E-state index is -0.285. The van der Waals surface area contributed by atoms with E-state index in [1.165, 1.54) is 0 Å². The molecule has 1 aliphatic carbocycles. The van der Waals surface area contributed by atoms with Crippen LogP contribution in [-0.4, -0.2) is 22.7 Å². The summed E-state index contributed by atoms with van der Waals surface area (Å²) in [5.41, 5.74) is 1.14. The maximum absolute atomic E-state index is 10.2. The third kappa shape index (κ3) is 2.46. The second kappa shape index (κ2) is 4.95. The molecule has 96 valence electrons. The van der Waals surface area contributed by atoms with Gasteiger partial charge in [0.2, 0.25) is 0 Å². The molecule has 4 nitrogen and oxygen atoms in total. The summed E-state index contributed by atoms with van der Waals surface area (Å²) < 4.78 is 0. The Labute approximate surface area is 108 Å². The molecule has 0 aromatic carbocycles. The molecule has 0 radical (unpaired) electrons. The molecule has 2 N–H and O–H groups in total. The molecule has 1 aromatic heterocycles. The third-order valence-corrected chi connectivity index (χ3v) is 3.70. The molecule has 0 bridgehead atoms. The van der Waals surface area contributed by atoms with E-state index < -0.39 is 0 Å². The molecule has 1 atom stereocenters. The zero-order valence-electron chi connectivity index (χ0n) is 10.8. The average Bonchev–Trinajstić information content (AvgIpc) is 3.16. The molecule has 1 saturated carbocycles. The topological polar surface area (TPSA) is 68.9 Å². The molecule has 1 unspecified atom stereocenters. The lowest BCUT2D eigenvalue weighted by Crippen LogP contribution is -2.33. The number of rotatable bonds is 5. The van der Waals surface area contributed by atoms with Crippen LogP contribution >= 0.6 is 0 Å². The molecule has 1 heterocycles. The van der Waals surface area contributed by atoms with Crippen molar-refractivity contribution in [3.63, 3.8) is 0 Å². The SMILES string of the molecule is CC(C)C(O)C1(CNc2cccnc2C#N)CC1. The molecule has 4 heteroatoms. The summed E-state index contributed by atoms with van der Waals surface area (Å²) in [6, 6.07) is 5.73. The van der Waals surface area contributed by atoms with E-state index in [0.29, 0.717) is 12.2 Å². The van der Waals surface area contributed by atoms with Crippen molar-refractivity contribution in [1.29, 1.82) is 5.26 Å². The molecule has 1 fully saturated rings. The number of aliphatic hydroxyl groups is 1. The second-order valence-corrected chi connectivity index (χ2v) is 5.42. The average molecular weight is 245 g/mol. The van der Waals surface area contributed by atoms with Gasteiger partial charge in [-0.2, -0.15) is 5.26 Å². The van der Waals surface area contributed by atoms with Crippen LogP contribution in [0.1, 0.15) is 32.4 Å². The highest BCUT2D eigenvalue weighted by Crippen LogP contribution is 2.50. The monoisotopic (exact) mass is 245 g/mol. The first-order valence-corrected chi connectivity index (χ1v) is 6.36. The van der Waals surface area contributed by atoms with E-state index in [1.54, 1.807) is 6.20 Å². The summed E-state index contributed by atoms with van der Waals surface area (Å²) in [5.74, 6) is 0.263. The number of hydrogen-bond acceptors (Lipinski definition) is 4. The summed E-state index contributed by atoms with van der Waals surface area (Å²) in [7, 11) is 0. The first kappa shape index (κ1) is 12.8. The normalized spacial score (nSPS) is 18.2. The summed E-state index contributed by atoms with van der Waals surface area (Å²) in [6.45, 7) is 4.78. The smallest absolute Gasteiger partial charge is 0.163 e. The van der Waals surface area contributed by atoms with Gasteiger partial charge in [-0.3, -0.25) is 0 Å². The molecular formula is C14H19N3O. The summed E-state index contributed by atoms with van der Waals surface area (Å²) in [4.78, 5) is 4.01. The molecule has 18 heavy (non-hydrogen) atoms. The molecule has 0 aliphatic heterocycles. The van der Waals surface area contributed by atoms with Crippen molar-refractivity contribution in [1.82, 2.24) is 4.98 Å². The first-order chi connectivity index (χ1) is 8.59. The number of aromatic nitrogens is 1. The van der Waals surface area contributed by atoms with Gasteiger partial charge in [-0.05, 0) is 30.9 Å². The lowest BCUT2D eigenvalue weighted by Gasteiger charge is -2.26. The molecule has 1 aliphatic rings. The number of nitrogens with zero attached hydrogens (tertiary/aromatic N) is 2. The molecular weight excluding hydrogens is 226 g/mol. The quantitative estimate of drug-likeness (QED) is 0.834. The largest absolute Gasteiger partial charge is 0.392 e. The summed E-state index contributed by atoms with van der Waals surface area (Å²) in [6.07, 6.45) is 3.41. The van der Waals surface area contributed by atoms with Gasteiger partial charge in [-0.15, -0.1) is 0 Å². The Morgan fingerprint density at radius 1 is 1.56 bits per heavy atom. The fraction of sp³-hybridized carbons (Fsp3) is 0.571. The van der Waals surface area contributed by atoms with Crippen molar-refractivity contribution in [2.75, 3.05) is 11.9 Å². The van der Waals surface area contributed by atoms with Gasteiger partial charge < -0.3 is 10.4 Å². The van der Waals surface area contributed by atoms with Crippen molar-refractivity contribution in [2.24, 2.45) is 11.3 Å². The van der Waals surface area contributed by atoms with Crippen LogP contribution in [0.2, 0.25) is 0 Å². The van der Waals surface area contributed by atoms with Gasteiger partial charge >= 0.3 is 0 Å². The van der Waals surface area contributed by atoms with Gasteiger partial charge in [-0.1, -0.05) is 13.8 Å². The van der Waals surface area contributed by atoms with Crippen molar-refractivity contribution in [3.05, 3.63) is 24.0 Å². The fourth-order valence-corrected chi connectivity index (χ4v) is 2.35. The highest BCUT2D eigenvalue weighted by Gasteiger charge is 2.49. The zero-order chi connectivity index (χ0) is 13.2. The Morgan fingerprint density at radius 2 is 2.28 bits per heavy atom. The molecule has 0 amide bonds. The van der Waals surface area contributed by atoms with E-state index in [9.17, 15) is 5.11 Å². The van der Waals surface area contributed by atoms with E-state index in [1.807, 2.05) is 26.0 Å². The second-order valence-electron chi connectivity index (χ2n) is 5.42.